The van der Waals surface area contributed by atoms with E-state index in [-0.39, 0.29) is 6.04 Å². The Hall–Kier alpha value is -1.19. The third-order valence-electron chi connectivity index (χ3n) is 2.81. The molecule has 100 valence electrons. The molecule has 0 fully saturated rings. The highest BCUT2D eigenvalue weighted by atomic mass is 79.9. The Morgan fingerprint density at radius 1 is 1.21 bits per heavy atom. The number of rotatable bonds is 4. The van der Waals surface area contributed by atoms with Crippen LogP contribution in [0.25, 0.3) is 0 Å². The van der Waals surface area contributed by atoms with Crippen LogP contribution in [0, 0.1) is 0 Å². The zero-order valence-corrected chi connectivity index (χ0v) is 12.9. The maximum atomic E-state index is 9.25. The van der Waals surface area contributed by atoms with E-state index in [9.17, 15) is 5.11 Å². The highest BCUT2D eigenvalue weighted by molar-refractivity contribution is 9.10. The van der Waals surface area contributed by atoms with Crippen LogP contribution in [-0.4, -0.2) is 11.1 Å². The Morgan fingerprint density at radius 2 is 1.89 bits per heavy atom. The minimum atomic E-state index is 0.279. The topological polar surface area (TPSA) is 32.3 Å². The van der Waals surface area contributed by atoms with E-state index in [1.165, 1.54) is 5.56 Å². The fourth-order valence-electron chi connectivity index (χ4n) is 1.91. The van der Waals surface area contributed by atoms with Gasteiger partial charge >= 0.3 is 0 Å². The molecule has 0 saturated heterocycles. The van der Waals surface area contributed by atoms with E-state index in [1.807, 2.05) is 30.3 Å². The first-order chi connectivity index (χ1) is 9.04. The first kappa shape index (κ1) is 14.2. The van der Waals surface area contributed by atoms with Crippen LogP contribution in [0.2, 0.25) is 5.02 Å². The molecular weight excluding hydrogens is 326 g/mol. The monoisotopic (exact) mass is 339 g/mol. The summed E-state index contributed by atoms with van der Waals surface area (Å²) in [5.41, 5.74) is 2.18. The van der Waals surface area contributed by atoms with Crippen molar-refractivity contribution in [2.24, 2.45) is 0 Å². The van der Waals surface area contributed by atoms with Gasteiger partial charge in [0.05, 0.1) is 5.02 Å². The summed E-state index contributed by atoms with van der Waals surface area (Å²) >= 11 is 9.43. The molecule has 0 radical (unpaired) electrons. The first-order valence-electron chi connectivity index (χ1n) is 6.04. The first-order valence-corrected chi connectivity index (χ1v) is 7.21. The van der Waals surface area contributed by atoms with E-state index in [0.717, 1.165) is 16.6 Å². The highest BCUT2D eigenvalue weighted by Crippen LogP contribution is 2.26. The van der Waals surface area contributed by atoms with Gasteiger partial charge in [0.15, 0.2) is 0 Å². The molecule has 0 aliphatic rings. The fraction of sp³-hybridized carbons (Fsp3) is 0.200. The normalized spacial score (nSPS) is 12.2. The highest BCUT2D eigenvalue weighted by Gasteiger charge is 2.05. The summed E-state index contributed by atoms with van der Waals surface area (Å²) in [6.07, 6.45) is 0.883. The Bertz CT molecular complexity index is 557. The molecule has 1 atom stereocenters. The molecule has 0 amide bonds. The molecule has 0 bridgehead atoms. The summed E-state index contributed by atoms with van der Waals surface area (Å²) in [6, 6.07) is 13.4. The smallest absolute Gasteiger partial charge is 0.115 e. The van der Waals surface area contributed by atoms with Crippen LogP contribution in [-0.2, 0) is 6.42 Å². The Balaban J connectivity index is 1.98. The molecule has 2 rings (SSSR count). The quantitative estimate of drug-likeness (QED) is 0.834. The van der Waals surface area contributed by atoms with Gasteiger partial charge in [0, 0.05) is 16.2 Å². The van der Waals surface area contributed by atoms with Crippen molar-refractivity contribution >= 4 is 33.2 Å². The second-order valence-corrected chi connectivity index (χ2v) is 5.81. The van der Waals surface area contributed by atoms with Crippen LogP contribution in [0.1, 0.15) is 12.5 Å². The fourth-order valence-corrected chi connectivity index (χ4v) is 2.33. The predicted molar refractivity (Wildman–Crippen MR) is 84.0 cm³/mol. The lowest BCUT2D eigenvalue weighted by molar-refractivity contribution is 0.475. The Morgan fingerprint density at radius 3 is 2.53 bits per heavy atom. The zero-order valence-electron chi connectivity index (χ0n) is 10.5. The largest absolute Gasteiger partial charge is 0.508 e. The lowest BCUT2D eigenvalue weighted by Crippen LogP contribution is -2.17. The van der Waals surface area contributed by atoms with Gasteiger partial charge in [-0.25, -0.2) is 0 Å². The maximum Gasteiger partial charge on any atom is 0.115 e. The molecule has 2 N–H and O–H groups in total. The van der Waals surface area contributed by atoms with Gasteiger partial charge in [0.1, 0.15) is 5.75 Å². The number of aromatic hydroxyl groups is 1. The minimum absolute atomic E-state index is 0.279. The van der Waals surface area contributed by atoms with E-state index < -0.39 is 0 Å². The number of phenolic OH excluding ortho intramolecular Hbond substituents is 1. The van der Waals surface area contributed by atoms with Crippen molar-refractivity contribution < 1.29 is 5.11 Å². The number of halogens is 2. The summed E-state index contributed by atoms with van der Waals surface area (Å²) in [5, 5.41) is 13.3. The van der Waals surface area contributed by atoms with Gasteiger partial charge in [-0.05, 0) is 65.2 Å². The van der Waals surface area contributed by atoms with Gasteiger partial charge in [-0.15, -0.1) is 0 Å². The lowest BCUT2D eigenvalue weighted by atomic mass is 10.1. The second kappa shape index (κ2) is 6.31. The van der Waals surface area contributed by atoms with E-state index in [1.54, 1.807) is 12.1 Å². The van der Waals surface area contributed by atoms with Crippen LogP contribution in [0.5, 0.6) is 5.75 Å². The number of nitrogens with one attached hydrogen (secondary N) is 1. The van der Waals surface area contributed by atoms with Crippen molar-refractivity contribution in [2.75, 3.05) is 5.32 Å². The van der Waals surface area contributed by atoms with E-state index in [0.29, 0.717) is 10.8 Å². The van der Waals surface area contributed by atoms with Crippen LogP contribution < -0.4 is 5.32 Å². The number of phenols is 1. The summed E-state index contributed by atoms with van der Waals surface area (Å²) in [4.78, 5) is 0. The number of hydrogen-bond donors (Lipinski definition) is 2. The number of benzene rings is 2. The molecule has 2 aromatic carbocycles. The zero-order chi connectivity index (χ0) is 13.8. The standard InChI is InChI=1S/C15H15BrClNO/c1-10(8-11-2-5-13(19)6-3-11)18-12-4-7-14(16)15(17)9-12/h2-7,9-10,18-19H,8H2,1H3. The Kier molecular flexibility index (Phi) is 4.72. The van der Waals surface area contributed by atoms with Gasteiger partial charge in [-0.2, -0.15) is 0 Å². The maximum absolute atomic E-state index is 9.25. The average molecular weight is 341 g/mol. The molecule has 0 aromatic heterocycles. The number of hydrogen-bond acceptors (Lipinski definition) is 2. The van der Waals surface area contributed by atoms with Gasteiger partial charge in [-0.3, -0.25) is 0 Å². The van der Waals surface area contributed by atoms with Gasteiger partial charge in [-0.1, -0.05) is 23.7 Å². The molecule has 0 heterocycles. The Labute approximate surface area is 126 Å². The lowest BCUT2D eigenvalue weighted by Gasteiger charge is -2.16. The van der Waals surface area contributed by atoms with Crippen molar-refractivity contribution in [3.8, 4) is 5.75 Å². The van der Waals surface area contributed by atoms with Gasteiger partial charge in [0.2, 0.25) is 0 Å². The van der Waals surface area contributed by atoms with Crippen molar-refractivity contribution in [1.82, 2.24) is 0 Å². The number of anilines is 1. The summed E-state index contributed by atoms with van der Waals surface area (Å²) < 4.78 is 0.894. The molecule has 2 nitrogen and oxygen atoms in total. The minimum Gasteiger partial charge on any atom is -0.508 e. The molecular formula is C15H15BrClNO. The van der Waals surface area contributed by atoms with Crippen LogP contribution >= 0.6 is 27.5 Å². The summed E-state index contributed by atoms with van der Waals surface area (Å²) in [6.45, 7) is 2.11. The molecule has 1 unspecified atom stereocenters. The third-order valence-corrected chi connectivity index (χ3v) is 4.04. The van der Waals surface area contributed by atoms with E-state index >= 15 is 0 Å². The van der Waals surface area contributed by atoms with E-state index in [2.05, 4.69) is 28.2 Å². The second-order valence-electron chi connectivity index (χ2n) is 4.54. The van der Waals surface area contributed by atoms with Crippen molar-refractivity contribution in [3.05, 3.63) is 57.5 Å². The predicted octanol–water partition coefficient (Wildman–Crippen LogP) is 4.85. The van der Waals surface area contributed by atoms with Crippen LogP contribution in [0.15, 0.2) is 46.9 Å². The molecule has 19 heavy (non-hydrogen) atoms. The average Bonchev–Trinajstić information content (AvgIpc) is 2.37. The SMILES string of the molecule is CC(Cc1ccc(O)cc1)Nc1ccc(Br)c(Cl)c1. The van der Waals surface area contributed by atoms with E-state index in [4.69, 9.17) is 11.6 Å². The van der Waals surface area contributed by atoms with Crippen molar-refractivity contribution in [2.45, 2.75) is 19.4 Å². The molecule has 0 aliphatic carbocycles. The summed E-state index contributed by atoms with van der Waals surface area (Å²) in [7, 11) is 0. The molecule has 0 spiro atoms. The van der Waals surface area contributed by atoms with Gasteiger partial charge < -0.3 is 10.4 Å². The molecule has 2 aromatic rings. The molecule has 4 heteroatoms. The molecule has 0 aliphatic heterocycles. The van der Waals surface area contributed by atoms with Gasteiger partial charge in [0.25, 0.3) is 0 Å². The third kappa shape index (κ3) is 4.15. The van der Waals surface area contributed by atoms with Crippen LogP contribution in [0.4, 0.5) is 5.69 Å². The van der Waals surface area contributed by atoms with Crippen molar-refractivity contribution in [3.63, 3.8) is 0 Å². The molecule has 0 saturated carbocycles. The summed E-state index contributed by atoms with van der Waals surface area (Å²) in [5.74, 6) is 0.295. The van der Waals surface area contributed by atoms with Crippen molar-refractivity contribution in [1.29, 1.82) is 0 Å². The van der Waals surface area contributed by atoms with Crippen LogP contribution in [0.3, 0.4) is 0 Å².